The zero-order valence-corrected chi connectivity index (χ0v) is 12.1. The van der Waals surface area contributed by atoms with E-state index >= 15 is 0 Å². The van der Waals surface area contributed by atoms with Crippen LogP contribution in [-0.4, -0.2) is 0 Å². The first-order valence-electron chi connectivity index (χ1n) is 6.78. The van der Waals surface area contributed by atoms with E-state index in [1.807, 2.05) is 85.1 Å². The molecule has 0 amide bonds. The van der Waals surface area contributed by atoms with E-state index in [1.54, 1.807) is 6.08 Å². The fraction of sp³-hybridized carbons (Fsp3) is 0.100. The average Bonchev–Trinajstić information content (AvgIpc) is 2.47. The molecule has 0 aliphatic rings. The number of hydrogen-bond acceptors (Lipinski definition) is 0. The Kier molecular flexibility index (Phi) is 14.7. The van der Waals surface area contributed by atoms with E-state index in [9.17, 15) is 0 Å². The largest absolute Gasteiger partial charge is 0.0848 e. The van der Waals surface area contributed by atoms with Gasteiger partial charge in [0.05, 0.1) is 0 Å². The maximum Gasteiger partial charge on any atom is -0.0376 e. The van der Waals surface area contributed by atoms with Crippen LogP contribution >= 0.6 is 0 Å². The highest BCUT2D eigenvalue weighted by Gasteiger charge is 1.65. The summed E-state index contributed by atoms with van der Waals surface area (Å²) in [6.07, 6.45) is 34.2. The van der Waals surface area contributed by atoms with E-state index in [-0.39, 0.29) is 0 Å². The molecule has 0 unspecified atom stereocenters. The molecule has 0 aromatic rings. The van der Waals surface area contributed by atoms with Gasteiger partial charge in [-0.05, 0) is 6.42 Å². The summed E-state index contributed by atoms with van der Waals surface area (Å²) < 4.78 is 0. The van der Waals surface area contributed by atoms with Gasteiger partial charge in [-0.25, -0.2) is 0 Å². The maximum atomic E-state index is 5.19. The van der Waals surface area contributed by atoms with Gasteiger partial charge in [0.15, 0.2) is 0 Å². The first-order chi connectivity index (χ1) is 9.91. The van der Waals surface area contributed by atoms with Crippen molar-refractivity contribution in [2.75, 3.05) is 0 Å². The highest BCUT2D eigenvalue weighted by molar-refractivity contribution is 5.21. The number of hydrogen-bond donors (Lipinski definition) is 0. The summed E-state index contributed by atoms with van der Waals surface area (Å²) in [5.74, 6) is 0. The van der Waals surface area contributed by atoms with Gasteiger partial charge in [-0.1, -0.05) is 117 Å². The fourth-order valence-corrected chi connectivity index (χ4v) is 1.11. The molecule has 0 aromatic carbocycles. The van der Waals surface area contributed by atoms with Crippen molar-refractivity contribution >= 4 is 0 Å². The van der Waals surface area contributed by atoms with E-state index < -0.39 is 0 Å². The fourth-order valence-electron chi connectivity index (χ4n) is 1.11. The summed E-state index contributed by atoms with van der Waals surface area (Å²) in [6.45, 7) is 7.31. The van der Waals surface area contributed by atoms with Crippen molar-refractivity contribution in [1.82, 2.24) is 0 Å². The van der Waals surface area contributed by atoms with Crippen molar-refractivity contribution in [2.45, 2.75) is 13.3 Å². The summed E-state index contributed by atoms with van der Waals surface area (Å²) in [5.41, 5.74) is 0. The molecule has 0 bridgehead atoms. The predicted molar refractivity (Wildman–Crippen MR) is 92.3 cm³/mol. The standard InChI is InChI=1S/C20H23/c1-3-5-7-9-11-13-15-17-19-20-18-16-14-12-10-8-6-4-2/h1,3,5-20H,4H2,2H3/b3-1?,7-5+,8-6+,11-9+,12-10+,15-13+,16-14+,19-17+,20-18+. The minimum absolute atomic E-state index is 1.07. The number of rotatable bonds is 9. The molecule has 0 aliphatic carbocycles. The molecular formula is C20H23. The molecule has 0 atom stereocenters. The monoisotopic (exact) mass is 263 g/mol. The van der Waals surface area contributed by atoms with E-state index in [4.69, 9.17) is 6.58 Å². The molecule has 0 N–H and O–H groups in total. The zero-order valence-electron chi connectivity index (χ0n) is 12.1. The maximum absolute atomic E-state index is 5.19. The molecule has 0 saturated carbocycles. The second-order valence-electron chi connectivity index (χ2n) is 3.72. The van der Waals surface area contributed by atoms with Crippen LogP contribution in [0.15, 0.2) is 103 Å². The first kappa shape index (κ1) is 17.7. The molecule has 0 fully saturated rings. The van der Waals surface area contributed by atoms with Gasteiger partial charge < -0.3 is 0 Å². The normalized spacial score (nSPS) is 14.1. The van der Waals surface area contributed by atoms with Gasteiger partial charge in [-0.15, -0.1) is 0 Å². The second-order valence-corrected chi connectivity index (χ2v) is 3.72. The van der Waals surface area contributed by atoms with Gasteiger partial charge in [-0.2, -0.15) is 0 Å². The van der Waals surface area contributed by atoms with Crippen LogP contribution in [0.2, 0.25) is 0 Å². The Morgan fingerprint density at radius 3 is 1.10 bits per heavy atom. The van der Waals surface area contributed by atoms with E-state index in [2.05, 4.69) is 13.0 Å². The highest BCUT2D eigenvalue weighted by Crippen LogP contribution is 1.86. The van der Waals surface area contributed by atoms with Crippen LogP contribution in [0.3, 0.4) is 0 Å². The summed E-state index contributed by atoms with van der Waals surface area (Å²) in [4.78, 5) is 0. The van der Waals surface area contributed by atoms with Crippen LogP contribution in [0, 0.1) is 6.58 Å². The molecule has 20 heavy (non-hydrogen) atoms. The van der Waals surface area contributed by atoms with Crippen molar-refractivity contribution in [1.29, 1.82) is 0 Å². The van der Waals surface area contributed by atoms with E-state index in [0.29, 0.717) is 0 Å². The molecule has 0 rings (SSSR count). The lowest BCUT2D eigenvalue weighted by Crippen LogP contribution is -1.54. The van der Waals surface area contributed by atoms with E-state index in [1.165, 1.54) is 6.08 Å². The Hall–Kier alpha value is -2.34. The molecule has 0 saturated heterocycles. The van der Waals surface area contributed by atoms with Crippen LogP contribution in [0.5, 0.6) is 0 Å². The minimum atomic E-state index is 1.07. The van der Waals surface area contributed by atoms with E-state index in [0.717, 1.165) is 6.42 Å². The Morgan fingerprint density at radius 2 is 0.800 bits per heavy atom. The Balaban J connectivity index is 3.83. The average molecular weight is 263 g/mol. The molecule has 0 aliphatic heterocycles. The summed E-state index contributed by atoms with van der Waals surface area (Å²) in [7, 11) is 0. The molecule has 1 radical (unpaired) electrons. The van der Waals surface area contributed by atoms with Crippen LogP contribution in [0.4, 0.5) is 0 Å². The van der Waals surface area contributed by atoms with Gasteiger partial charge in [0, 0.05) is 0 Å². The smallest absolute Gasteiger partial charge is 0.0376 e. The SMILES string of the molecule is [CH]=C/C=C/C=C/C=C/C=C/C=C/C=C/C=C/C=C/CC. The van der Waals surface area contributed by atoms with Crippen LogP contribution in [-0.2, 0) is 0 Å². The lowest BCUT2D eigenvalue weighted by molar-refractivity contribution is 1.22. The summed E-state index contributed by atoms with van der Waals surface area (Å²) in [5, 5.41) is 0. The third-order valence-electron chi connectivity index (χ3n) is 2.04. The van der Waals surface area contributed by atoms with Crippen LogP contribution < -0.4 is 0 Å². The van der Waals surface area contributed by atoms with Crippen molar-refractivity contribution in [3.05, 3.63) is 110 Å². The molecular weight excluding hydrogens is 240 g/mol. The third-order valence-corrected chi connectivity index (χ3v) is 2.04. The topological polar surface area (TPSA) is 0 Å². The van der Waals surface area contributed by atoms with Gasteiger partial charge in [0.2, 0.25) is 0 Å². The van der Waals surface area contributed by atoms with Gasteiger partial charge in [0.25, 0.3) is 0 Å². The van der Waals surface area contributed by atoms with Crippen LogP contribution in [0.1, 0.15) is 13.3 Å². The third kappa shape index (κ3) is 15.7. The number of allylic oxidation sites excluding steroid dienone is 17. The lowest BCUT2D eigenvalue weighted by Gasteiger charge is -1.76. The van der Waals surface area contributed by atoms with Crippen molar-refractivity contribution in [3.63, 3.8) is 0 Å². The minimum Gasteiger partial charge on any atom is -0.0848 e. The molecule has 0 spiro atoms. The van der Waals surface area contributed by atoms with Crippen molar-refractivity contribution in [3.8, 4) is 0 Å². The Morgan fingerprint density at radius 1 is 0.500 bits per heavy atom. The van der Waals surface area contributed by atoms with Crippen LogP contribution in [0.25, 0.3) is 0 Å². The van der Waals surface area contributed by atoms with Gasteiger partial charge >= 0.3 is 0 Å². The first-order valence-corrected chi connectivity index (χ1v) is 6.78. The second kappa shape index (κ2) is 16.7. The lowest BCUT2D eigenvalue weighted by atomic mass is 10.3. The van der Waals surface area contributed by atoms with Gasteiger partial charge in [-0.3, -0.25) is 0 Å². The zero-order chi connectivity index (χ0) is 14.7. The molecule has 0 heterocycles. The summed E-state index contributed by atoms with van der Waals surface area (Å²) >= 11 is 0. The van der Waals surface area contributed by atoms with Crippen molar-refractivity contribution < 1.29 is 0 Å². The Bertz CT molecular complexity index is 446. The van der Waals surface area contributed by atoms with Crippen molar-refractivity contribution in [2.24, 2.45) is 0 Å². The molecule has 0 heteroatoms. The quantitative estimate of drug-likeness (QED) is 0.459. The summed E-state index contributed by atoms with van der Waals surface area (Å²) in [6, 6.07) is 0. The van der Waals surface area contributed by atoms with Gasteiger partial charge in [0.1, 0.15) is 0 Å². The molecule has 0 nitrogen and oxygen atoms in total. The molecule has 103 valence electrons. The Labute approximate surface area is 123 Å². The molecule has 0 aromatic heterocycles. The predicted octanol–water partition coefficient (Wildman–Crippen LogP) is 5.84. The highest BCUT2D eigenvalue weighted by atomic mass is 13.7.